The Morgan fingerprint density at radius 3 is 2.70 bits per heavy atom. The number of nitrogens with zero attached hydrogens (tertiary/aromatic N) is 2. The van der Waals surface area contributed by atoms with E-state index >= 15 is 0 Å². The molecule has 0 aliphatic carbocycles. The quantitative estimate of drug-likeness (QED) is 0.385. The van der Waals surface area contributed by atoms with Gasteiger partial charge in [0, 0.05) is 0 Å². The van der Waals surface area contributed by atoms with E-state index in [4.69, 9.17) is 4.74 Å². The lowest BCUT2D eigenvalue weighted by Gasteiger charge is -2.23. The Hall–Kier alpha value is -0.900. The Morgan fingerprint density at radius 2 is 2.10 bits per heavy atom. The van der Waals surface area contributed by atoms with Crippen molar-refractivity contribution >= 4 is 12.5 Å². The molecular formula is C6H10N2O2. The van der Waals surface area contributed by atoms with Crippen LogP contribution in [0.2, 0.25) is 0 Å². The summed E-state index contributed by atoms with van der Waals surface area (Å²) in [6, 6.07) is 0. The van der Waals surface area contributed by atoms with Gasteiger partial charge >= 0.3 is 0 Å². The Labute approximate surface area is 59.5 Å². The molecule has 1 aliphatic heterocycles. The topological polar surface area (TPSA) is 41.9 Å². The number of ether oxygens (including phenoxy) is 1. The lowest BCUT2D eigenvalue weighted by atomic mass is 10.5. The van der Waals surface area contributed by atoms with Gasteiger partial charge in [-0.15, -0.1) is 0 Å². The first-order valence-electron chi connectivity index (χ1n) is 3.24. The second kappa shape index (κ2) is 4.00. The summed E-state index contributed by atoms with van der Waals surface area (Å²) in [6.45, 7) is 2.97. The molecule has 0 spiro atoms. The first-order chi connectivity index (χ1) is 4.93. The average molecular weight is 142 g/mol. The van der Waals surface area contributed by atoms with E-state index in [0.29, 0.717) is 19.5 Å². The fourth-order valence-corrected chi connectivity index (χ4v) is 0.791. The van der Waals surface area contributed by atoms with E-state index in [1.807, 2.05) is 5.01 Å². The van der Waals surface area contributed by atoms with Crippen molar-refractivity contribution in [2.75, 3.05) is 26.3 Å². The van der Waals surface area contributed by atoms with Crippen LogP contribution in [0.1, 0.15) is 0 Å². The van der Waals surface area contributed by atoms with Crippen LogP contribution in [-0.2, 0) is 9.53 Å². The normalized spacial score (nSPS) is 19.8. The third-order valence-corrected chi connectivity index (χ3v) is 1.28. The highest BCUT2D eigenvalue weighted by Crippen LogP contribution is 1.94. The number of hydrazone groups is 1. The smallest absolute Gasteiger partial charge is 0.162 e. The molecule has 4 heteroatoms. The highest BCUT2D eigenvalue weighted by molar-refractivity contribution is 6.12. The monoisotopic (exact) mass is 142 g/mol. The molecule has 0 unspecified atom stereocenters. The minimum Gasteiger partial charge on any atom is -0.378 e. The van der Waals surface area contributed by atoms with Gasteiger partial charge in [0.2, 0.25) is 0 Å². The van der Waals surface area contributed by atoms with Gasteiger partial charge in [0.25, 0.3) is 0 Å². The van der Waals surface area contributed by atoms with Crippen molar-refractivity contribution in [2.45, 2.75) is 0 Å². The maximum Gasteiger partial charge on any atom is 0.162 e. The van der Waals surface area contributed by atoms with Gasteiger partial charge in [0.05, 0.1) is 32.5 Å². The first-order valence-corrected chi connectivity index (χ1v) is 3.24. The van der Waals surface area contributed by atoms with E-state index in [2.05, 4.69) is 5.10 Å². The fourth-order valence-electron chi connectivity index (χ4n) is 0.791. The summed E-state index contributed by atoms with van der Waals surface area (Å²) in [4.78, 5) is 9.84. The van der Waals surface area contributed by atoms with Crippen LogP contribution in [0.4, 0.5) is 0 Å². The molecule has 0 amide bonds. The highest BCUT2D eigenvalue weighted by atomic mass is 16.5. The van der Waals surface area contributed by atoms with Crippen molar-refractivity contribution in [2.24, 2.45) is 5.10 Å². The zero-order valence-electron chi connectivity index (χ0n) is 5.69. The Balaban J connectivity index is 2.25. The molecule has 1 fully saturated rings. The van der Waals surface area contributed by atoms with Gasteiger partial charge in [0.1, 0.15) is 0 Å². The van der Waals surface area contributed by atoms with Crippen LogP contribution in [0, 0.1) is 0 Å². The number of carbonyl (C=O) groups excluding carboxylic acids is 1. The molecule has 0 aromatic rings. The Bertz CT molecular complexity index is 130. The number of carbonyl (C=O) groups is 1. The molecule has 0 radical (unpaired) electrons. The summed E-state index contributed by atoms with van der Waals surface area (Å²) in [5, 5.41) is 5.68. The molecule has 1 rings (SSSR count). The molecule has 0 aromatic carbocycles. The molecule has 1 saturated heterocycles. The average Bonchev–Trinajstić information content (AvgIpc) is 2.03. The number of hydrogen-bond acceptors (Lipinski definition) is 4. The molecule has 1 aliphatic rings. The van der Waals surface area contributed by atoms with E-state index in [1.54, 1.807) is 0 Å². The predicted molar refractivity (Wildman–Crippen MR) is 36.9 cm³/mol. The first kappa shape index (κ1) is 7.21. The Morgan fingerprint density at radius 1 is 1.40 bits per heavy atom. The minimum atomic E-state index is 0.676. The van der Waals surface area contributed by atoms with Crippen LogP contribution in [0.3, 0.4) is 0 Å². The molecule has 10 heavy (non-hydrogen) atoms. The van der Waals surface area contributed by atoms with Crippen LogP contribution in [0.5, 0.6) is 0 Å². The number of rotatable bonds is 2. The number of aldehydes is 1. The van der Waals surface area contributed by atoms with Gasteiger partial charge in [0.15, 0.2) is 6.29 Å². The second-order valence-electron chi connectivity index (χ2n) is 1.97. The van der Waals surface area contributed by atoms with Gasteiger partial charge in [-0.25, -0.2) is 0 Å². The van der Waals surface area contributed by atoms with Crippen LogP contribution < -0.4 is 0 Å². The maximum absolute atomic E-state index is 9.84. The van der Waals surface area contributed by atoms with E-state index in [-0.39, 0.29) is 0 Å². The lowest BCUT2D eigenvalue weighted by Crippen LogP contribution is -2.32. The van der Waals surface area contributed by atoms with E-state index in [1.165, 1.54) is 6.21 Å². The highest BCUT2D eigenvalue weighted by Gasteiger charge is 2.05. The van der Waals surface area contributed by atoms with E-state index in [9.17, 15) is 4.79 Å². The molecule has 1 heterocycles. The van der Waals surface area contributed by atoms with Crippen molar-refractivity contribution in [3.63, 3.8) is 0 Å². The molecule has 0 saturated carbocycles. The third-order valence-electron chi connectivity index (χ3n) is 1.28. The minimum absolute atomic E-state index is 0.676. The van der Waals surface area contributed by atoms with Crippen molar-refractivity contribution in [1.82, 2.24) is 5.01 Å². The number of hydrogen-bond donors (Lipinski definition) is 0. The summed E-state index contributed by atoms with van der Waals surface area (Å²) in [7, 11) is 0. The summed E-state index contributed by atoms with van der Waals surface area (Å²) in [5.41, 5.74) is 0. The maximum atomic E-state index is 9.84. The molecule has 0 atom stereocenters. The zero-order chi connectivity index (χ0) is 7.23. The predicted octanol–water partition coefficient (Wildman–Crippen LogP) is -0.497. The van der Waals surface area contributed by atoms with Gasteiger partial charge in [-0.3, -0.25) is 9.80 Å². The van der Waals surface area contributed by atoms with Crippen LogP contribution >= 0.6 is 0 Å². The van der Waals surface area contributed by atoms with Crippen molar-refractivity contribution in [3.8, 4) is 0 Å². The zero-order valence-corrected chi connectivity index (χ0v) is 5.69. The lowest BCUT2D eigenvalue weighted by molar-refractivity contribution is -0.102. The fraction of sp³-hybridized carbons (Fsp3) is 0.667. The summed E-state index contributed by atoms with van der Waals surface area (Å²) in [6.07, 6.45) is 1.93. The molecule has 0 aromatic heterocycles. The third kappa shape index (κ3) is 2.14. The van der Waals surface area contributed by atoms with Gasteiger partial charge in [-0.1, -0.05) is 0 Å². The summed E-state index contributed by atoms with van der Waals surface area (Å²) in [5.74, 6) is 0. The molecular weight excluding hydrogens is 132 g/mol. The van der Waals surface area contributed by atoms with E-state index < -0.39 is 0 Å². The number of morpholine rings is 1. The molecule has 0 bridgehead atoms. The summed E-state index contributed by atoms with van der Waals surface area (Å²) < 4.78 is 5.08. The molecule has 56 valence electrons. The van der Waals surface area contributed by atoms with Crippen molar-refractivity contribution in [3.05, 3.63) is 0 Å². The van der Waals surface area contributed by atoms with Crippen LogP contribution in [0.25, 0.3) is 0 Å². The van der Waals surface area contributed by atoms with Crippen molar-refractivity contribution < 1.29 is 9.53 Å². The van der Waals surface area contributed by atoms with Gasteiger partial charge in [-0.05, 0) is 0 Å². The standard InChI is InChI=1S/C6H10N2O2/c9-4-1-7-8-2-5-10-6-3-8/h1,4H,2-3,5-6H2/b7-1+. The van der Waals surface area contributed by atoms with E-state index in [0.717, 1.165) is 13.1 Å². The summed E-state index contributed by atoms with van der Waals surface area (Å²) >= 11 is 0. The van der Waals surface area contributed by atoms with Crippen molar-refractivity contribution in [1.29, 1.82) is 0 Å². The molecule has 0 N–H and O–H groups in total. The van der Waals surface area contributed by atoms with Crippen LogP contribution in [-0.4, -0.2) is 43.8 Å². The SMILES string of the molecule is O=C/C=N/N1CCOCC1. The van der Waals surface area contributed by atoms with Gasteiger partial charge in [-0.2, -0.15) is 5.10 Å². The van der Waals surface area contributed by atoms with Gasteiger partial charge < -0.3 is 4.74 Å². The van der Waals surface area contributed by atoms with Crippen LogP contribution in [0.15, 0.2) is 5.10 Å². The largest absolute Gasteiger partial charge is 0.378 e. The Kier molecular flexibility index (Phi) is 2.89. The molecule has 4 nitrogen and oxygen atoms in total. The second-order valence-corrected chi connectivity index (χ2v) is 1.97.